The Hall–Kier alpha value is -1.80. The largest absolute Gasteiger partial charge is 0.394 e. The molecule has 1 heterocycles. The van der Waals surface area contributed by atoms with Crippen molar-refractivity contribution < 1.29 is 29.9 Å². The Balaban J connectivity index is 1.55. The molecule has 6 nitrogen and oxygen atoms in total. The molecule has 0 spiro atoms. The van der Waals surface area contributed by atoms with Gasteiger partial charge in [-0.1, -0.05) is 42.5 Å². The Bertz CT molecular complexity index is 876. The third-order valence-corrected chi connectivity index (χ3v) is 6.56. The topological polar surface area (TPSA) is 99.4 Å². The minimum Gasteiger partial charge on any atom is -0.394 e. The Kier molecular flexibility index (Phi) is 7.61. The molecule has 1 aliphatic heterocycles. The lowest BCUT2D eigenvalue weighted by atomic mass is 9.88. The molecule has 32 heavy (non-hydrogen) atoms. The van der Waals surface area contributed by atoms with Crippen molar-refractivity contribution in [2.24, 2.45) is 0 Å². The van der Waals surface area contributed by atoms with E-state index in [-0.39, 0.29) is 0 Å². The third-order valence-electron chi connectivity index (χ3n) is 6.56. The van der Waals surface area contributed by atoms with E-state index in [2.05, 4.69) is 30.3 Å². The van der Waals surface area contributed by atoms with Crippen LogP contribution in [0.25, 0.3) is 0 Å². The second kappa shape index (κ2) is 10.4. The third kappa shape index (κ3) is 5.22. The van der Waals surface area contributed by atoms with Crippen LogP contribution in [0.2, 0.25) is 0 Å². The SMILES string of the molecule is CCOCCc1ccc(Cc2cc([C@@H]3O[C@H](CO)[C@@H](O)C(O)[C@H]3O)ccc2C2CC2)cc1. The molecular formula is C26H34O6. The smallest absolute Gasteiger partial charge is 0.113 e. The van der Waals surface area contributed by atoms with E-state index in [0.717, 1.165) is 31.6 Å². The summed E-state index contributed by atoms with van der Waals surface area (Å²) in [6.07, 6.45) is -1.67. The Morgan fingerprint density at radius 1 is 0.938 bits per heavy atom. The zero-order valence-corrected chi connectivity index (χ0v) is 18.6. The maximum absolute atomic E-state index is 10.5. The highest BCUT2D eigenvalue weighted by atomic mass is 16.5. The van der Waals surface area contributed by atoms with Crippen molar-refractivity contribution in [3.05, 3.63) is 70.3 Å². The quantitative estimate of drug-likeness (QED) is 0.445. The molecule has 0 amide bonds. The average molecular weight is 443 g/mol. The summed E-state index contributed by atoms with van der Waals surface area (Å²) in [6, 6.07) is 14.7. The predicted octanol–water partition coefficient (Wildman–Crippen LogP) is 2.25. The Morgan fingerprint density at radius 2 is 1.66 bits per heavy atom. The molecule has 1 unspecified atom stereocenters. The number of ether oxygens (including phenoxy) is 2. The van der Waals surface area contributed by atoms with Crippen LogP contribution in [0, 0.1) is 0 Å². The lowest BCUT2D eigenvalue weighted by Crippen LogP contribution is -2.55. The number of rotatable bonds is 9. The molecule has 5 atom stereocenters. The summed E-state index contributed by atoms with van der Waals surface area (Å²) in [5, 5.41) is 40.3. The first kappa shape index (κ1) is 23.4. The molecule has 2 aromatic rings. The maximum atomic E-state index is 10.5. The summed E-state index contributed by atoms with van der Waals surface area (Å²) in [4.78, 5) is 0. The number of hydrogen-bond acceptors (Lipinski definition) is 6. The van der Waals surface area contributed by atoms with Gasteiger partial charge in [0, 0.05) is 6.61 Å². The number of aliphatic hydroxyl groups is 4. The van der Waals surface area contributed by atoms with Gasteiger partial charge < -0.3 is 29.9 Å². The first-order chi connectivity index (χ1) is 15.5. The van der Waals surface area contributed by atoms with E-state index >= 15 is 0 Å². The summed E-state index contributed by atoms with van der Waals surface area (Å²) in [5.74, 6) is 0.569. The van der Waals surface area contributed by atoms with Gasteiger partial charge in [0.2, 0.25) is 0 Å². The molecule has 4 N–H and O–H groups in total. The van der Waals surface area contributed by atoms with Crippen LogP contribution in [0.5, 0.6) is 0 Å². The van der Waals surface area contributed by atoms with Crippen molar-refractivity contribution in [3.8, 4) is 0 Å². The van der Waals surface area contributed by atoms with Crippen molar-refractivity contribution in [2.45, 2.75) is 69.0 Å². The molecular weight excluding hydrogens is 408 g/mol. The normalized spacial score (nSPS) is 28.1. The zero-order chi connectivity index (χ0) is 22.7. The molecule has 174 valence electrons. The van der Waals surface area contributed by atoms with E-state index < -0.39 is 37.1 Å². The van der Waals surface area contributed by atoms with E-state index in [9.17, 15) is 20.4 Å². The summed E-state index contributed by atoms with van der Waals surface area (Å²) in [6.45, 7) is 3.03. The van der Waals surface area contributed by atoms with Gasteiger partial charge in [-0.05, 0) is 66.3 Å². The molecule has 1 saturated heterocycles. The van der Waals surface area contributed by atoms with Crippen LogP contribution < -0.4 is 0 Å². The van der Waals surface area contributed by atoms with E-state index in [1.165, 1.54) is 35.1 Å². The van der Waals surface area contributed by atoms with Crippen LogP contribution >= 0.6 is 0 Å². The van der Waals surface area contributed by atoms with Crippen LogP contribution in [-0.2, 0) is 22.3 Å². The lowest BCUT2D eigenvalue weighted by Gasteiger charge is -2.40. The maximum Gasteiger partial charge on any atom is 0.113 e. The van der Waals surface area contributed by atoms with Gasteiger partial charge in [-0.2, -0.15) is 0 Å². The molecule has 0 bridgehead atoms. The minimum atomic E-state index is -1.37. The van der Waals surface area contributed by atoms with Gasteiger partial charge in [0.05, 0.1) is 13.2 Å². The highest BCUT2D eigenvalue weighted by molar-refractivity contribution is 5.41. The van der Waals surface area contributed by atoms with Crippen molar-refractivity contribution in [1.29, 1.82) is 0 Å². The van der Waals surface area contributed by atoms with Crippen molar-refractivity contribution >= 4 is 0 Å². The van der Waals surface area contributed by atoms with E-state index in [1.54, 1.807) is 0 Å². The average Bonchev–Trinajstić information content (AvgIpc) is 3.64. The molecule has 2 aliphatic rings. The van der Waals surface area contributed by atoms with Gasteiger partial charge in [0.15, 0.2) is 0 Å². The molecule has 6 heteroatoms. The minimum absolute atomic E-state index is 0.426. The standard InChI is InChI=1S/C26H34O6/c1-2-31-12-11-16-3-5-17(6-4-16)13-20-14-19(9-10-21(20)18-7-8-18)26-25(30)24(29)23(28)22(15-27)32-26/h3-6,9-10,14,18,22-30H,2,7-8,11-13,15H2,1H3/t22-,23-,24?,25-,26+/m1/s1. The molecule has 4 rings (SSSR count). The summed E-state index contributed by atoms with van der Waals surface area (Å²) in [5.41, 5.74) is 5.70. The summed E-state index contributed by atoms with van der Waals surface area (Å²) >= 11 is 0. The van der Waals surface area contributed by atoms with E-state index in [4.69, 9.17) is 9.47 Å². The highest BCUT2D eigenvalue weighted by Gasteiger charge is 2.44. The van der Waals surface area contributed by atoms with Crippen LogP contribution in [0.4, 0.5) is 0 Å². The molecule has 0 aromatic heterocycles. The van der Waals surface area contributed by atoms with Crippen LogP contribution in [0.3, 0.4) is 0 Å². The van der Waals surface area contributed by atoms with Crippen molar-refractivity contribution in [1.82, 2.24) is 0 Å². The molecule has 1 aliphatic carbocycles. The summed E-state index contributed by atoms with van der Waals surface area (Å²) < 4.78 is 11.2. The van der Waals surface area contributed by atoms with Crippen LogP contribution in [0.15, 0.2) is 42.5 Å². The molecule has 1 saturated carbocycles. The number of aliphatic hydroxyl groups excluding tert-OH is 4. The fraction of sp³-hybridized carbons (Fsp3) is 0.538. The van der Waals surface area contributed by atoms with Gasteiger partial charge >= 0.3 is 0 Å². The predicted molar refractivity (Wildman–Crippen MR) is 121 cm³/mol. The van der Waals surface area contributed by atoms with Crippen LogP contribution in [0.1, 0.15) is 59.6 Å². The molecule has 2 aromatic carbocycles. The van der Waals surface area contributed by atoms with Gasteiger partial charge in [-0.3, -0.25) is 0 Å². The fourth-order valence-corrected chi connectivity index (χ4v) is 4.50. The zero-order valence-electron chi connectivity index (χ0n) is 18.6. The van der Waals surface area contributed by atoms with Gasteiger partial charge in [-0.25, -0.2) is 0 Å². The molecule has 0 radical (unpaired) electrons. The van der Waals surface area contributed by atoms with Gasteiger partial charge in [0.25, 0.3) is 0 Å². The second-order valence-corrected chi connectivity index (χ2v) is 8.92. The van der Waals surface area contributed by atoms with Crippen molar-refractivity contribution in [3.63, 3.8) is 0 Å². The van der Waals surface area contributed by atoms with Gasteiger partial charge in [0.1, 0.15) is 30.5 Å². The first-order valence-electron chi connectivity index (χ1n) is 11.6. The first-order valence-corrected chi connectivity index (χ1v) is 11.6. The number of hydrogen-bond donors (Lipinski definition) is 4. The van der Waals surface area contributed by atoms with Crippen molar-refractivity contribution in [2.75, 3.05) is 19.8 Å². The Labute approximate surface area is 189 Å². The lowest BCUT2D eigenvalue weighted by molar-refractivity contribution is -0.231. The summed E-state index contributed by atoms with van der Waals surface area (Å²) in [7, 11) is 0. The second-order valence-electron chi connectivity index (χ2n) is 8.92. The molecule has 2 fully saturated rings. The van der Waals surface area contributed by atoms with E-state index in [1.807, 2.05) is 19.1 Å². The fourth-order valence-electron chi connectivity index (χ4n) is 4.50. The Morgan fingerprint density at radius 3 is 2.31 bits per heavy atom. The van der Waals surface area contributed by atoms with E-state index in [0.29, 0.717) is 5.92 Å². The van der Waals surface area contributed by atoms with Gasteiger partial charge in [-0.15, -0.1) is 0 Å². The van der Waals surface area contributed by atoms with Crippen LogP contribution in [-0.4, -0.2) is 64.7 Å². The monoisotopic (exact) mass is 442 g/mol. The highest BCUT2D eigenvalue weighted by Crippen LogP contribution is 2.43. The number of benzene rings is 2.